The van der Waals surface area contributed by atoms with Gasteiger partial charge in [0.25, 0.3) is 5.91 Å². The van der Waals surface area contributed by atoms with Gasteiger partial charge in [0, 0.05) is 12.5 Å². The molecule has 2 aromatic rings. The van der Waals surface area contributed by atoms with Gasteiger partial charge < -0.3 is 14.7 Å². The van der Waals surface area contributed by atoms with Gasteiger partial charge in [0.1, 0.15) is 19.3 Å². The Labute approximate surface area is 164 Å². The molecule has 11 heteroatoms. The highest BCUT2D eigenvalue weighted by atomic mass is 19.4. The van der Waals surface area contributed by atoms with Crippen LogP contribution in [0.2, 0.25) is 0 Å². The van der Waals surface area contributed by atoms with Crippen molar-refractivity contribution in [2.24, 2.45) is 0 Å². The molecular weight excluding hydrogens is 393 g/mol. The van der Waals surface area contributed by atoms with Crippen LogP contribution in [0.1, 0.15) is 42.4 Å². The molecule has 0 aliphatic carbocycles. The highest BCUT2D eigenvalue weighted by molar-refractivity contribution is 5.94. The average molecular weight is 414 g/mol. The molecule has 0 spiro atoms. The van der Waals surface area contributed by atoms with Crippen LogP contribution < -0.4 is 0 Å². The second-order valence-electron chi connectivity index (χ2n) is 6.18. The van der Waals surface area contributed by atoms with E-state index in [1.54, 1.807) is 6.92 Å². The van der Waals surface area contributed by atoms with E-state index in [1.165, 1.54) is 29.2 Å². The first-order chi connectivity index (χ1) is 13.6. The van der Waals surface area contributed by atoms with Gasteiger partial charge in [-0.15, -0.1) is 0 Å². The molecule has 2 atom stereocenters. The lowest BCUT2D eigenvalue weighted by Crippen LogP contribution is -2.45. The minimum atomic E-state index is -4.53. The molecule has 158 valence electrons. The molecule has 1 N–H and O–H groups in total. The van der Waals surface area contributed by atoms with Gasteiger partial charge in [0.2, 0.25) is 0 Å². The summed E-state index contributed by atoms with van der Waals surface area (Å²) in [7, 11) is 0. The van der Waals surface area contributed by atoms with Crippen LogP contribution in [0.5, 0.6) is 0 Å². The van der Waals surface area contributed by atoms with E-state index in [2.05, 4.69) is 10.1 Å². The molecule has 29 heavy (non-hydrogen) atoms. The van der Waals surface area contributed by atoms with Gasteiger partial charge in [-0.2, -0.15) is 18.3 Å². The second-order valence-corrected chi connectivity index (χ2v) is 6.18. The van der Waals surface area contributed by atoms with Crippen LogP contribution in [-0.4, -0.2) is 55.9 Å². The van der Waals surface area contributed by atoms with Crippen molar-refractivity contribution in [3.05, 3.63) is 48.0 Å². The van der Waals surface area contributed by atoms with E-state index in [9.17, 15) is 27.9 Å². The number of nitrogens with zero attached hydrogens (tertiary/aromatic N) is 4. The van der Waals surface area contributed by atoms with Crippen LogP contribution in [-0.2, 0) is 15.7 Å². The smallest absolute Gasteiger partial charge is 0.416 e. The molecule has 8 nitrogen and oxygen atoms in total. The lowest BCUT2D eigenvalue weighted by molar-refractivity contribution is -0.141. The molecule has 1 aromatic heterocycles. The summed E-state index contributed by atoms with van der Waals surface area (Å²) in [6.45, 7) is 2.63. The van der Waals surface area contributed by atoms with Crippen molar-refractivity contribution < 1.29 is 32.6 Å². The van der Waals surface area contributed by atoms with E-state index in [-0.39, 0.29) is 25.1 Å². The van der Waals surface area contributed by atoms with Crippen LogP contribution in [0, 0.1) is 0 Å². The minimum absolute atomic E-state index is 0.0192. The number of amides is 1. The Morgan fingerprint density at radius 3 is 2.41 bits per heavy atom. The average Bonchev–Trinajstić information content (AvgIpc) is 3.19. The highest BCUT2D eigenvalue weighted by Gasteiger charge is 2.33. The summed E-state index contributed by atoms with van der Waals surface area (Å²) >= 11 is 0. The summed E-state index contributed by atoms with van der Waals surface area (Å²) in [5.41, 5.74) is -0.906. The summed E-state index contributed by atoms with van der Waals surface area (Å²) in [4.78, 5) is 29.1. The number of esters is 1. The zero-order chi connectivity index (χ0) is 21.6. The maximum atomic E-state index is 13.1. The Hall–Kier alpha value is -2.95. The summed E-state index contributed by atoms with van der Waals surface area (Å²) in [5, 5.41) is 14.4. The lowest BCUT2D eigenvalue weighted by Gasteiger charge is -2.34. The Bertz CT molecular complexity index is 810. The molecule has 1 aromatic carbocycles. The Kier molecular flexibility index (Phi) is 7.32. The Morgan fingerprint density at radius 1 is 1.28 bits per heavy atom. The first kappa shape index (κ1) is 22.3. The predicted molar refractivity (Wildman–Crippen MR) is 94.5 cm³/mol. The molecule has 0 radical (unpaired) electrons. The summed E-state index contributed by atoms with van der Waals surface area (Å²) in [6, 6.07) is 3.72. The molecule has 1 heterocycles. The van der Waals surface area contributed by atoms with Crippen LogP contribution in [0.15, 0.2) is 36.9 Å². The zero-order valence-corrected chi connectivity index (χ0v) is 15.8. The maximum absolute atomic E-state index is 13.1. The first-order valence-electron chi connectivity index (χ1n) is 8.79. The summed E-state index contributed by atoms with van der Waals surface area (Å²) < 4.78 is 44.5. The number of hydrogen-bond acceptors (Lipinski definition) is 6. The van der Waals surface area contributed by atoms with Crippen molar-refractivity contribution in [3.63, 3.8) is 0 Å². The third kappa shape index (κ3) is 5.76. The maximum Gasteiger partial charge on any atom is 0.416 e. The molecule has 0 bridgehead atoms. The van der Waals surface area contributed by atoms with E-state index in [1.807, 2.05) is 0 Å². The number of alkyl halides is 3. The van der Waals surface area contributed by atoms with Crippen molar-refractivity contribution in [1.29, 1.82) is 0 Å². The molecule has 0 aliphatic heterocycles. The number of hydrogen-bond donors (Lipinski definition) is 1. The number of aromatic nitrogens is 3. The molecule has 0 aliphatic rings. The molecule has 2 unspecified atom stereocenters. The normalized spacial score (nSPS) is 13.6. The van der Waals surface area contributed by atoms with E-state index >= 15 is 0 Å². The Morgan fingerprint density at radius 2 is 1.93 bits per heavy atom. The second kappa shape index (κ2) is 9.50. The topological polar surface area (TPSA) is 97.6 Å². The molecule has 1 amide bonds. The summed E-state index contributed by atoms with van der Waals surface area (Å²) in [6.07, 6.45) is -3.78. The van der Waals surface area contributed by atoms with Crippen molar-refractivity contribution in [2.45, 2.75) is 38.7 Å². The number of halogens is 3. The van der Waals surface area contributed by atoms with Gasteiger partial charge in [0.15, 0.2) is 6.17 Å². The quantitative estimate of drug-likeness (QED) is 0.666. The zero-order valence-electron chi connectivity index (χ0n) is 15.8. The van der Waals surface area contributed by atoms with Crippen LogP contribution >= 0.6 is 0 Å². The largest absolute Gasteiger partial charge is 0.464 e. The number of aliphatic hydroxyl groups is 1. The fourth-order valence-electron chi connectivity index (χ4n) is 2.70. The van der Waals surface area contributed by atoms with Gasteiger partial charge in [0.05, 0.1) is 18.2 Å². The van der Waals surface area contributed by atoms with E-state index in [0.717, 1.165) is 24.3 Å². The van der Waals surface area contributed by atoms with Crippen LogP contribution in [0.4, 0.5) is 13.2 Å². The third-order valence-electron chi connectivity index (χ3n) is 4.15. The monoisotopic (exact) mass is 414 g/mol. The fraction of sp³-hybridized carbons (Fsp3) is 0.444. The number of carbonyl (C=O) groups excluding carboxylic acids is 2. The SMILES string of the molecule is CCC(O)C(N(CCOC(C)=O)C(=O)c1ccc(C(F)(F)F)cc1)n1cncn1. The van der Waals surface area contributed by atoms with Gasteiger partial charge in [-0.1, -0.05) is 6.92 Å². The molecule has 2 rings (SSSR count). The minimum Gasteiger partial charge on any atom is -0.464 e. The highest BCUT2D eigenvalue weighted by Crippen LogP contribution is 2.29. The molecular formula is C18H21F3N4O4. The standard InChI is InChI=1S/C18H21F3N4O4/c1-3-15(27)16(25-11-22-10-23-25)24(8-9-29-12(2)26)17(28)13-4-6-14(7-5-13)18(19,20)21/h4-7,10-11,15-16,27H,3,8-9H2,1-2H3. The van der Waals surface area contributed by atoms with Gasteiger partial charge in [-0.25, -0.2) is 9.67 Å². The number of carbonyl (C=O) groups is 2. The van der Waals surface area contributed by atoms with Crippen molar-refractivity contribution in [1.82, 2.24) is 19.7 Å². The van der Waals surface area contributed by atoms with Crippen LogP contribution in [0.3, 0.4) is 0 Å². The van der Waals surface area contributed by atoms with Gasteiger partial charge in [-0.05, 0) is 30.7 Å². The molecule has 0 saturated heterocycles. The van der Waals surface area contributed by atoms with Crippen molar-refractivity contribution in [3.8, 4) is 0 Å². The van der Waals surface area contributed by atoms with E-state index in [0.29, 0.717) is 0 Å². The van der Waals surface area contributed by atoms with Gasteiger partial charge >= 0.3 is 12.1 Å². The van der Waals surface area contributed by atoms with Crippen molar-refractivity contribution >= 4 is 11.9 Å². The molecule has 0 fully saturated rings. The van der Waals surface area contributed by atoms with E-state index in [4.69, 9.17) is 4.74 Å². The number of aliphatic hydroxyl groups excluding tert-OH is 1. The fourth-order valence-corrected chi connectivity index (χ4v) is 2.70. The first-order valence-corrected chi connectivity index (χ1v) is 8.79. The Balaban J connectivity index is 2.37. The van der Waals surface area contributed by atoms with Crippen LogP contribution in [0.25, 0.3) is 0 Å². The molecule has 0 saturated carbocycles. The van der Waals surface area contributed by atoms with Gasteiger partial charge in [-0.3, -0.25) is 9.59 Å². The summed E-state index contributed by atoms with van der Waals surface area (Å²) in [5.74, 6) is -1.21. The predicted octanol–water partition coefficient (Wildman–Crippen LogP) is 2.27. The number of ether oxygens (including phenoxy) is 1. The lowest BCUT2D eigenvalue weighted by atomic mass is 10.1. The number of rotatable bonds is 8. The third-order valence-corrected chi connectivity index (χ3v) is 4.15. The number of benzene rings is 1. The van der Waals surface area contributed by atoms with Crippen molar-refractivity contribution in [2.75, 3.05) is 13.2 Å². The van der Waals surface area contributed by atoms with E-state index < -0.39 is 35.9 Å².